The van der Waals surface area contributed by atoms with Gasteiger partial charge in [0.25, 0.3) is 0 Å². The van der Waals surface area contributed by atoms with Crippen molar-refractivity contribution in [2.24, 2.45) is 0 Å². The quantitative estimate of drug-likeness (QED) is 0.150. The van der Waals surface area contributed by atoms with E-state index in [2.05, 4.69) is 279 Å². The molecular formula is C68H55N3. The molecule has 2 heterocycles. The summed E-state index contributed by atoms with van der Waals surface area (Å²) in [4.78, 5) is 7.44. The summed E-state index contributed by atoms with van der Waals surface area (Å²) in [6.07, 6.45) is 6.86. The third-order valence-corrected chi connectivity index (χ3v) is 15.6. The lowest BCUT2D eigenvalue weighted by Crippen LogP contribution is -2.41. The minimum Gasteiger partial charge on any atom is -0.313 e. The van der Waals surface area contributed by atoms with Crippen molar-refractivity contribution in [2.75, 3.05) is 14.7 Å². The van der Waals surface area contributed by atoms with Gasteiger partial charge in [-0.3, -0.25) is 0 Å². The Kier molecular flexibility index (Phi) is 10.0. The van der Waals surface area contributed by atoms with E-state index in [1.165, 1.54) is 83.1 Å². The van der Waals surface area contributed by atoms with Gasteiger partial charge in [0.15, 0.2) is 0 Å². The topological polar surface area (TPSA) is 9.72 Å². The molecule has 10 aromatic carbocycles. The van der Waals surface area contributed by atoms with Crippen molar-refractivity contribution in [3.05, 3.63) is 265 Å². The number of hydrogen-bond donors (Lipinski definition) is 0. The summed E-state index contributed by atoms with van der Waals surface area (Å²) in [5, 5.41) is 4.90. The molecule has 0 saturated carbocycles. The Morgan fingerprint density at radius 3 is 1.31 bits per heavy atom. The first-order chi connectivity index (χ1) is 34.8. The van der Waals surface area contributed by atoms with Gasteiger partial charge in [-0.15, -0.1) is 0 Å². The molecule has 13 rings (SSSR count). The summed E-state index contributed by atoms with van der Waals surface area (Å²) in [7, 11) is 0. The summed E-state index contributed by atoms with van der Waals surface area (Å²) >= 11 is 0. The molecule has 0 aromatic heterocycles. The molecule has 3 nitrogen and oxygen atoms in total. The smallest absolute Gasteiger partial charge is 0.0540 e. The highest BCUT2D eigenvalue weighted by Crippen LogP contribution is 2.61. The molecule has 0 saturated heterocycles. The predicted octanol–water partition coefficient (Wildman–Crippen LogP) is 18.9. The van der Waals surface area contributed by atoms with Crippen molar-refractivity contribution < 1.29 is 0 Å². The first-order valence-electron chi connectivity index (χ1n) is 25.2. The molecule has 3 aliphatic rings. The molecule has 0 unspecified atom stereocenters. The Morgan fingerprint density at radius 2 is 0.817 bits per heavy atom. The Morgan fingerprint density at radius 1 is 0.394 bits per heavy atom. The maximum absolute atomic E-state index is 2.67. The number of rotatable bonds is 8. The lowest BCUT2D eigenvalue weighted by molar-refractivity contribution is 0.576. The number of benzene rings is 10. The van der Waals surface area contributed by atoms with Crippen LogP contribution in [0.25, 0.3) is 43.8 Å². The summed E-state index contributed by atoms with van der Waals surface area (Å²) in [5.41, 5.74) is 20.8. The SMILES string of the molecule is CC1(C)C2=C(CCC=C2)N2c3ccc(-c4ccc(N(c5ccccc5)c5ccccc5)c5ccccc45)cc3C(C)(C)c3cc(-c4ccc(N(c5ccccc5)c5ccccc5)c5ccccc45)cc1c32. The predicted molar refractivity (Wildman–Crippen MR) is 301 cm³/mol. The van der Waals surface area contributed by atoms with Crippen LogP contribution in [-0.4, -0.2) is 0 Å². The molecule has 1 aliphatic carbocycles. The Hall–Kier alpha value is -8.40. The fourth-order valence-electron chi connectivity index (χ4n) is 12.1. The van der Waals surface area contributed by atoms with E-state index in [0.717, 1.165) is 47.0 Å². The average molecular weight is 914 g/mol. The van der Waals surface area contributed by atoms with Gasteiger partial charge < -0.3 is 14.7 Å². The van der Waals surface area contributed by atoms with E-state index in [-0.39, 0.29) is 10.8 Å². The minimum absolute atomic E-state index is 0.211. The van der Waals surface area contributed by atoms with Crippen LogP contribution in [0.15, 0.2) is 248 Å². The van der Waals surface area contributed by atoms with Gasteiger partial charge in [0.2, 0.25) is 0 Å². The first-order valence-corrected chi connectivity index (χ1v) is 25.2. The van der Waals surface area contributed by atoms with Crippen molar-refractivity contribution in [1.29, 1.82) is 0 Å². The number of anilines is 8. The molecule has 0 fully saturated rings. The van der Waals surface area contributed by atoms with Crippen LogP contribution in [0.2, 0.25) is 0 Å². The molecule has 3 heteroatoms. The highest BCUT2D eigenvalue weighted by Gasteiger charge is 2.47. The van der Waals surface area contributed by atoms with Gasteiger partial charge in [-0.1, -0.05) is 179 Å². The summed E-state index contributed by atoms with van der Waals surface area (Å²) in [6, 6.07) is 82.7. The molecular weight excluding hydrogens is 859 g/mol. The van der Waals surface area contributed by atoms with Crippen molar-refractivity contribution in [1.82, 2.24) is 0 Å². The molecule has 0 N–H and O–H groups in total. The van der Waals surface area contributed by atoms with E-state index in [1.807, 2.05) is 0 Å². The molecule has 2 aliphatic heterocycles. The molecule has 71 heavy (non-hydrogen) atoms. The molecule has 0 spiro atoms. The van der Waals surface area contributed by atoms with Crippen LogP contribution in [0.4, 0.5) is 45.5 Å². The lowest BCUT2D eigenvalue weighted by Gasteiger charge is -2.51. The number of allylic oxidation sites excluding steroid dienone is 4. The third kappa shape index (κ3) is 6.78. The van der Waals surface area contributed by atoms with Crippen LogP contribution in [0.5, 0.6) is 0 Å². The zero-order valence-corrected chi connectivity index (χ0v) is 40.8. The molecule has 342 valence electrons. The van der Waals surface area contributed by atoms with E-state index in [0.29, 0.717) is 0 Å². The fraction of sp³-hybridized carbons (Fsp3) is 0.118. The number of para-hydroxylation sites is 4. The minimum atomic E-state index is -0.332. The van der Waals surface area contributed by atoms with E-state index in [1.54, 1.807) is 0 Å². The van der Waals surface area contributed by atoms with Crippen molar-refractivity contribution in [3.63, 3.8) is 0 Å². The highest BCUT2D eigenvalue weighted by atomic mass is 15.2. The first kappa shape index (κ1) is 42.7. The largest absolute Gasteiger partial charge is 0.313 e. The van der Waals surface area contributed by atoms with Crippen LogP contribution in [0, 0.1) is 0 Å². The van der Waals surface area contributed by atoms with Crippen LogP contribution >= 0.6 is 0 Å². The van der Waals surface area contributed by atoms with Gasteiger partial charge in [0, 0.05) is 55.7 Å². The highest BCUT2D eigenvalue weighted by molar-refractivity contribution is 6.08. The van der Waals surface area contributed by atoms with Crippen LogP contribution in [0.3, 0.4) is 0 Å². The maximum Gasteiger partial charge on any atom is 0.0540 e. The van der Waals surface area contributed by atoms with Crippen LogP contribution in [-0.2, 0) is 10.8 Å². The molecule has 0 atom stereocenters. The van der Waals surface area contributed by atoms with Gasteiger partial charge in [0.1, 0.15) is 0 Å². The standard InChI is InChI=1S/C68H55N3/c1-67(2)58-35-21-22-36-64(58)71-65-40-37-46(52-38-41-62(56-33-19-17-31-54(52)56)69(48-23-9-5-10-24-48)49-25-11-6-12-26-49)43-59(65)68(3,4)61-45-47(44-60(67)66(61)71)53-39-42-63(57-34-20-18-32-55(53)57)70(50-27-13-7-14-28-50)51-29-15-8-16-30-51/h5-21,23-35,37-45H,22,36H2,1-4H3. The number of fused-ring (bicyclic) bond motifs is 5. The van der Waals surface area contributed by atoms with Crippen LogP contribution in [0.1, 0.15) is 57.2 Å². The Bertz CT molecular complexity index is 3680. The van der Waals surface area contributed by atoms with Gasteiger partial charge in [-0.2, -0.15) is 0 Å². The lowest BCUT2D eigenvalue weighted by atomic mass is 9.64. The van der Waals surface area contributed by atoms with Gasteiger partial charge in [-0.25, -0.2) is 0 Å². The van der Waals surface area contributed by atoms with Crippen molar-refractivity contribution >= 4 is 67.0 Å². The molecule has 0 amide bonds. The monoisotopic (exact) mass is 913 g/mol. The second-order valence-corrected chi connectivity index (χ2v) is 20.4. The maximum atomic E-state index is 2.67. The van der Waals surface area contributed by atoms with Crippen molar-refractivity contribution in [2.45, 2.75) is 51.4 Å². The Balaban J connectivity index is 0.994. The third-order valence-electron chi connectivity index (χ3n) is 15.6. The van der Waals surface area contributed by atoms with Gasteiger partial charge in [0.05, 0.1) is 17.1 Å². The van der Waals surface area contributed by atoms with E-state index < -0.39 is 0 Å². The summed E-state index contributed by atoms with van der Waals surface area (Å²) in [5.74, 6) is 0. The van der Waals surface area contributed by atoms with E-state index in [9.17, 15) is 0 Å². The zero-order chi connectivity index (χ0) is 47.8. The summed E-state index contributed by atoms with van der Waals surface area (Å²) in [6.45, 7) is 9.82. The van der Waals surface area contributed by atoms with Gasteiger partial charge in [-0.05, 0) is 153 Å². The fourth-order valence-corrected chi connectivity index (χ4v) is 12.1. The van der Waals surface area contributed by atoms with Crippen molar-refractivity contribution in [3.8, 4) is 22.3 Å². The zero-order valence-electron chi connectivity index (χ0n) is 40.8. The van der Waals surface area contributed by atoms with E-state index in [4.69, 9.17) is 0 Å². The average Bonchev–Trinajstić information content (AvgIpc) is 3.42. The second kappa shape index (κ2) is 16.6. The number of nitrogens with zero attached hydrogens (tertiary/aromatic N) is 3. The summed E-state index contributed by atoms with van der Waals surface area (Å²) < 4.78 is 0. The Labute approximate surface area is 417 Å². The molecule has 0 bridgehead atoms. The van der Waals surface area contributed by atoms with E-state index >= 15 is 0 Å². The molecule has 10 aromatic rings. The van der Waals surface area contributed by atoms with Crippen LogP contribution < -0.4 is 14.7 Å². The normalized spacial score (nSPS) is 15.0. The molecule has 0 radical (unpaired) electrons. The second-order valence-electron chi connectivity index (χ2n) is 20.4. The van der Waals surface area contributed by atoms with Gasteiger partial charge >= 0.3 is 0 Å². The number of hydrogen-bond acceptors (Lipinski definition) is 3.